The molecule has 162 valence electrons. The van der Waals surface area contributed by atoms with Gasteiger partial charge >= 0.3 is 0 Å². The maximum atomic E-state index is 12.2. The Morgan fingerprint density at radius 2 is 1.84 bits per heavy atom. The topological polar surface area (TPSA) is 88.6 Å². The molecule has 9 heteroatoms. The van der Waals surface area contributed by atoms with Gasteiger partial charge in [0, 0.05) is 31.9 Å². The molecule has 1 saturated heterocycles. The first-order valence-corrected chi connectivity index (χ1v) is 11.0. The van der Waals surface area contributed by atoms with Gasteiger partial charge in [-0.05, 0) is 24.3 Å². The molecule has 1 aliphatic heterocycles. The fraction of sp³-hybridized carbons (Fsp3) is 0.318. The maximum Gasteiger partial charge on any atom is 0.257 e. The number of hydrogen-bond acceptors (Lipinski definition) is 8. The highest BCUT2D eigenvalue weighted by atomic mass is 32.1. The molecule has 8 nitrogen and oxygen atoms in total. The smallest absolute Gasteiger partial charge is 0.257 e. The van der Waals surface area contributed by atoms with E-state index in [1.54, 1.807) is 0 Å². The number of aromatic nitrogens is 2. The second-order valence-electron chi connectivity index (χ2n) is 6.99. The number of nitrogens with zero attached hydrogens (tertiary/aromatic N) is 3. The number of ether oxygens (including phenoxy) is 2. The van der Waals surface area contributed by atoms with E-state index in [1.807, 2.05) is 54.6 Å². The minimum absolute atomic E-state index is 0.0476. The summed E-state index contributed by atoms with van der Waals surface area (Å²) in [7, 11) is 0. The molecule has 1 fully saturated rings. The van der Waals surface area contributed by atoms with E-state index >= 15 is 0 Å². The summed E-state index contributed by atoms with van der Waals surface area (Å²) in [5.41, 5.74) is 1.76. The summed E-state index contributed by atoms with van der Waals surface area (Å²) < 4.78 is 11.1. The van der Waals surface area contributed by atoms with Crippen LogP contribution in [0.1, 0.15) is 0 Å². The summed E-state index contributed by atoms with van der Waals surface area (Å²) in [6, 6.07) is 17.4. The predicted octanol–water partition coefficient (Wildman–Crippen LogP) is 2.78. The van der Waals surface area contributed by atoms with Crippen molar-refractivity contribution in [1.82, 2.24) is 20.4 Å². The summed E-state index contributed by atoms with van der Waals surface area (Å²) in [6.45, 7) is 4.67. The molecular formula is C22H25N5O3S. The van der Waals surface area contributed by atoms with E-state index in [0.717, 1.165) is 49.1 Å². The Morgan fingerprint density at radius 1 is 1.06 bits per heavy atom. The van der Waals surface area contributed by atoms with Gasteiger partial charge in [0.2, 0.25) is 5.13 Å². The summed E-state index contributed by atoms with van der Waals surface area (Å²) in [5.74, 6) is 0.458. The lowest BCUT2D eigenvalue weighted by Gasteiger charge is -2.26. The Balaban J connectivity index is 1.30. The lowest BCUT2D eigenvalue weighted by Crippen LogP contribution is -2.42. The van der Waals surface area contributed by atoms with Crippen molar-refractivity contribution in [3.05, 3.63) is 54.6 Å². The van der Waals surface area contributed by atoms with E-state index in [4.69, 9.17) is 9.47 Å². The fourth-order valence-corrected chi connectivity index (χ4v) is 3.96. The van der Waals surface area contributed by atoms with E-state index < -0.39 is 0 Å². The molecule has 1 aliphatic rings. The second-order valence-corrected chi connectivity index (χ2v) is 7.97. The average molecular weight is 440 g/mol. The molecule has 31 heavy (non-hydrogen) atoms. The van der Waals surface area contributed by atoms with E-state index in [2.05, 4.69) is 25.7 Å². The highest BCUT2D eigenvalue weighted by Gasteiger charge is 2.14. The number of anilines is 2. The minimum atomic E-state index is -0.147. The molecule has 0 radical (unpaired) electrons. The van der Waals surface area contributed by atoms with Crippen molar-refractivity contribution in [1.29, 1.82) is 0 Å². The molecule has 2 heterocycles. The zero-order valence-corrected chi connectivity index (χ0v) is 17.9. The number of para-hydroxylation sites is 2. The van der Waals surface area contributed by atoms with Crippen molar-refractivity contribution < 1.29 is 14.3 Å². The first-order valence-electron chi connectivity index (χ1n) is 10.2. The average Bonchev–Trinajstić information content (AvgIpc) is 3.27. The number of hydrogen-bond donors (Lipinski definition) is 2. The van der Waals surface area contributed by atoms with Crippen LogP contribution in [0.3, 0.4) is 0 Å². The van der Waals surface area contributed by atoms with Gasteiger partial charge in [-0.1, -0.05) is 41.7 Å². The Morgan fingerprint density at radius 3 is 2.68 bits per heavy atom. The molecule has 2 aromatic carbocycles. The second kappa shape index (κ2) is 10.9. The largest absolute Gasteiger partial charge is 0.483 e. The highest BCUT2D eigenvalue weighted by Crippen LogP contribution is 2.34. The van der Waals surface area contributed by atoms with Crippen molar-refractivity contribution in [2.45, 2.75) is 0 Å². The maximum absolute atomic E-state index is 12.2. The van der Waals surface area contributed by atoms with Crippen LogP contribution < -0.4 is 15.4 Å². The van der Waals surface area contributed by atoms with Crippen molar-refractivity contribution in [3.8, 4) is 16.3 Å². The van der Waals surface area contributed by atoms with Crippen LogP contribution in [0.15, 0.2) is 54.6 Å². The molecule has 3 aromatic rings. The van der Waals surface area contributed by atoms with Crippen LogP contribution in [0.4, 0.5) is 10.8 Å². The van der Waals surface area contributed by atoms with Crippen LogP contribution in [-0.4, -0.2) is 67.0 Å². The SMILES string of the molecule is O=C(COc1ccccc1-c1nnc(Nc2ccccc2)s1)NCCN1CCOCC1. The molecule has 0 unspecified atom stereocenters. The van der Waals surface area contributed by atoms with E-state index in [-0.39, 0.29) is 12.5 Å². The first kappa shape index (κ1) is 21.2. The molecule has 1 aromatic heterocycles. The van der Waals surface area contributed by atoms with Gasteiger partial charge in [0.05, 0.1) is 18.8 Å². The van der Waals surface area contributed by atoms with Gasteiger partial charge in [-0.15, -0.1) is 10.2 Å². The van der Waals surface area contributed by atoms with Gasteiger partial charge in [-0.3, -0.25) is 9.69 Å². The van der Waals surface area contributed by atoms with E-state index in [1.165, 1.54) is 11.3 Å². The monoisotopic (exact) mass is 439 g/mol. The number of amides is 1. The lowest BCUT2D eigenvalue weighted by atomic mass is 10.2. The van der Waals surface area contributed by atoms with Crippen LogP contribution >= 0.6 is 11.3 Å². The van der Waals surface area contributed by atoms with Crippen LogP contribution in [0.2, 0.25) is 0 Å². The first-order chi connectivity index (χ1) is 15.3. The molecule has 0 atom stereocenters. The van der Waals surface area contributed by atoms with Crippen LogP contribution in [0.25, 0.3) is 10.6 Å². The quantitative estimate of drug-likeness (QED) is 0.530. The number of morpholine rings is 1. The standard InChI is InChI=1S/C22H25N5O3S/c28-20(23-10-11-27-12-14-29-15-13-27)16-30-19-9-5-4-8-18(19)21-25-26-22(31-21)24-17-6-2-1-3-7-17/h1-9H,10-16H2,(H,23,28)(H,24,26). The Bertz CT molecular complexity index is 976. The molecular weight excluding hydrogens is 414 g/mol. The fourth-order valence-electron chi connectivity index (χ4n) is 3.17. The molecule has 0 saturated carbocycles. The van der Waals surface area contributed by atoms with Crippen LogP contribution in [0, 0.1) is 0 Å². The Kier molecular flexibility index (Phi) is 7.43. The van der Waals surface area contributed by atoms with Crippen molar-refractivity contribution in [2.24, 2.45) is 0 Å². The van der Waals surface area contributed by atoms with Crippen molar-refractivity contribution in [2.75, 3.05) is 51.3 Å². The Labute approximate surface area is 185 Å². The zero-order valence-electron chi connectivity index (χ0n) is 17.1. The third-order valence-electron chi connectivity index (χ3n) is 4.78. The number of carbonyl (C=O) groups excluding carboxylic acids is 1. The van der Waals surface area contributed by atoms with Gasteiger partial charge in [0.1, 0.15) is 5.75 Å². The third-order valence-corrected chi connectivity index (χ3v) is 5.65. The summed E-state index contributed by atoms with van der Waals surface area (Å²) in [5, 5.41) is 16.1. The molecule has 4 rings (SSSR count). The number of nitrogens with one attached hydrogen (secondary N) is 2. The lowest BCUT2D eigenvalue weighted by molar-refractivity contribution is -0.123. The van der Waals surface area contributed by atoms with E-state index in [0.29, 0.717) is 17.4 Å². The van der Waals surface area contributed by atoms with Crippen molar-refractivity contribution in [3.63, 3.8) is 0 Å². The third kappa shape index (κ3) is 6.24. The van der Waals surface area contributed by atoms with Gasteiger partial charge in [0.25, 0.3) is 5.91 Å². The van der Waals surface area contributed by atoms with Crippen LogP contribution in [-0.2, 0) is 9.53 Å². The molecule has 0 spiro atoms. The normalized spacial score (nSPS) is 14.2. The molecule has 0 aliphatic carbocycles. The molecule has 0 bridgehead atoms. The Hall–Kier alpha value is -3.01. The number of carbonyl (C=O) groups is 1. The van der Waals surface area contributed by atoms with Crippen LogP contribution in [0.5, 0.6) is 5.75 Å². The zero-order chi connectivity index (χ0) is 21.3. The predicted molar refractivity (Wildman–Crippen MR) is 121 cm³/mol. The van der Waals surface area contributed by atoms with E-state index in [9.17, 15) is 4.79 Å². The number of rotatable bonds is 9. The van der Waals surface area contributed by atoms with Gasteiger partial charge in [-0.2, -0.15) is 0 Å². The number of benzene rings is 2. The van der Waals surface area contributed by atoms with Crippen molar-refractivity contribution >= 4 is 28.1 Å². The molecule has 1 amide bonds. The minimum Gasteiger partial charge on any atom is -0.483 e. The summed E-state index contributed by atoms with van der Waals surface area (Å²) in [4.78, 5) is 14.5. The van der Waals surface area contributed by atoms with Gasteiger partial charge < -0.3 is 20.1 Å². The molecule has 2 N–H and O–H groups in total. The van der Waals surface area contributed by atoms with Gasteiger partial charge in [0.15, 0.2) is 11.6 Å². The summed E-state index contributed by atoms with van der Waals surface area (Å²) in [6.07, 6.45) is 0. The summed E-state index contributed by atoms with van der Waals surface area (Å²) >= 11 is 1.43. The highest BCUT2D eigenvalue weighted by molar-refractivity contribution is 7.18. The van der Waals surface area contributed by atoms with Gasteiger partial charge in [-0.25, -0.2) is 0 Å².